The fourth-order valence-electron chi connectivity index (χ4n) is 4.78. The van der Waals surface area contributed by atoms with Crippen molar-refractivity contribution >= 4 is 35.0 Å². The van der Waals surface area contributed by atoms with Crippen molar-refractivity contribution in [2.24, 2.45) is 4.99 Å². The van der Waals surface area contributed by atoms with E-state index in [1.807, 2.05) is 0 Å². The molecule has 2 heterocycles. The van der Waals surface area contributed by atoms with Crippen LogP contribution in [0.4, 0.5) is 4.39 Å². The zero-order valence-corrected chi connectivity index (χ0v) is 25.4. The Bertz CT molecular complexity index is 1900. The molecule has 0 spiro atoms. The number of methoxy groups -OCH3 is 2. The van der Waals surface area contributed by atoms with E-state index >= 15 is 0 Å². The van der Waals surface area contributed by atoms with E-state index in [2.05, 4.69) is 4.99 Å². The summed E-state index contributed by atoms with van der Waals surface area (Å²) in [6.07, 6.45) is 1.69. The van der Waals surface area contributed by atoms with Crippen molar-refractivity contribution in [3.8, 4) is 17.2 Å². The summed E-state index contributed by atoms with van der Waals surface area (Å²) in [5.41, 5.74) is 2.30. The average Bonchev–Trinajstić information content (AvgIpc) is 3.30. The first-order valence-electron chi connectivity index (χ1n) is 13.3. The molecule has 222 valence electrons. The van der Waals surface area contributed by atoms with Crippen molar-refractivity contribution in [3.63, 3.8) is 0 Å². The number of rotatable bonds is 9. The molecule has 0 saturated carbocycles. The van der Waals surface area contributed by atoms with Gasteiger partial charge in [-0.2, -0.15) is 0 Å². The third-order valence-electron chi connectivity index (χ3n) is 6.81. The lowest BCUT2D eigenvalue weighted by molar-refractivity contribution is -0.139. The molecule has 1 atom stereocenters. The third kappa shape index (κ3) is 6.21. The molecule has 11 heteroatoms. The molecule has 0 fully saturated rings. The van der Waals surface area contributed by atoms with Gasteiger partial charge in [0, 0.05) is 10.6 Å². The summed E-state index contributed by atoms with van der Waals surface area (Å²) in [4.78, 5) is 32.3. The Morgan fingerprint density at radius 3 is 2.47 bits per heavy atom. The largest absolute Gasteiger partial charge is 0.493 e. The van der Waals surface area contributed by atoms with Crippen molar-refractivity contribution in [1.82, 2.24) is 4.57 Å². The van der Waals surface area contributed by atoms with Crippen LogP contribution in [0.3, 0.4) is 0 Å². The number of aromatic nitrogens is 1. The van der Waals surface area contributed by atoms with Gasteiger partial charge in [-0.15, -0.1) is 0 Å². The Kier molecular flexibility index (Phi) is 8.98. The summed E-state index contributed by atoms with van der Waals surface area (Å²) in [6.45, 7) is 3.78. The molecule has 8 nitrogen and oxygen atoms in total. The van der Waals surface area contributed by atoms with E-state index in [1.165, 1.54) is 42.3 Å². The Labute approximate surface area is 255 Å². The predicted molar refractivity (Wildman–Crippen MR) is 162 cm³/mol. The molecular weight excluding hydrogens is 595 g/mol. The van der Waals surface area contributed by atoms with Crippen molar-refractivity contribution in [3.05, 3.63) is 119 Å². The van der Waals surface area contributed by atoms with E-state index in [0.29, 0.717) is 48.4 Å². The summed E-state index contributed by atoms with van der Waals surface area (Å²) < 4.78 is 37.5. The molecule has 0 radical (unpaired) electrons. The van der Waals surface area contributed by atoms with Crippen molar-refractivity contribution in [2.75, 3.05) is 20.8 Å². The molecule has 4 aromatic rings. The lowest BCUT2D eigenvalue weighted by Gasteiger charge is -2.25. The first kappa shape index (κ1) is 30.1. The van der Waals surface area contributed by atoms with Crippen LogP contribution >= 0.6 is 22.9 Å². The Hall–Kier alpha value is -4.41. The van der Waals surface area contributed by atoms with Crippen LogP contribution in [0, 0.1) is 5.82 Å². The Morgan fingerprint density at radius 1 is 1.05 bits per heavy atom. The van der Waals surface area contributed by atoms with Gasteiger partial charge in [0.25, 0.3) is 5.56 Å². The van der Waals surface area contributed by atoms with Gasteiger partial charge in [0.15, 0.2) is 16.3 Å². The molecule has 3 aromatic carbocycles. The maximum absolute atomic E-state index is 14.1. The lowest BCUT2D eigenvalue weighted by atomic mass is 9.95. The second-order valence-corrected chi connectivity index (χ2v) is 11.0. The zero-order valence-electron chi connectivity index (χ0n) is 23.9. The predicted octanol–water partition coefficient (Wildman–Crippen LogP) is 5.19. The van der Waals surface area contributed by atoms with Gasteiger partial charge in [0.05, 0.1) is 42.7 Å². The van der Waals surface area contributed by atoms with Gasteiger partial charge in [-0.1, -0.05) is 41.1 Å². The molecule has 0 amide bonds. The van der Waals surface area contributed by atoms with E-state index in [-0.39, 0.29) is 30.2 Å². The molecule has 43 heavy (non-hydrogen) atoms. The number of nitrogens with zero attached hydrogens (tertiary/aromatic N) is 2. The first-order valence-corrected chi connectivity index (χ1v) is 14.5. The molecule has 0 N–H and O–H groups in total. The van der Waals surface area contributed by atoms with E-state index in [9.17, 15) is 14.0 Å². The number of carbonyl (C=O) groups is 1. The Morgan fingerprint density at radius 2 is 1.77 bits per heavy atom. The van der Waals surface area contributed by atoms with Gasteiger partial charge in [0.1, 0.15) is 18.2 Å². The number of hydrogen-bond donors (Lipinski definition) is 0. The van der Waals surface area contributed by atoms with Gasteiger partial charge in [-0.25, -0.2) is 14.2 Å². The van der Waals surface area contributed by atoms with Crippen molar-refractivity contribution < 1.29 is 28.1 Å². The summed E-state index contributed by atoms with van der Waals surface area (Å²) in [5.74, 6) is 0.538. The topological polar surface area (TPSA) is 88.4 Å². The average molecular weight is 623 g/mol. The number of halogens is 2. The van der Waals surface area contributed by atoms with Crippen LogP contribution in [0.15, 0.2) is 81.7 Å². The minimum atomic E-state index is -0.828. The van der Waals surface area contributed by atoms with Crippen molar-refractivity contribution in [2.45, 2.75) is 26.5 Å². The van der Waals surface area contributed by atoms with Crippen LogP contribution < -0.4 is 29.1 Å². The van der Waals surface area contributed by atoms with Crippen LogP contribution in [0.1, 0.15) is 36.6 Å². The van der Waals surface area contributed by atoms with E-state index in [0.717, 1.165) is 5.56 Å². The standard InChI is InChI=1S/C32H28ClFN2O6S/c1-5-41-31(38)28-18(2)35-32-36(29(28)20-8-12-25(39-3)26(15-20)40-4)30(37)27(43-32)16-21-14-22(33)9-13-24(21)42-17-19-6-10-23(34)11-7-19/h6-16,29H,5,17H2,1-4H3/b27-16+/t29-/m0/s1. The number of hydrogen-bond acceptors (Lipinski definition) is 8. The van der Waals surface area contributed by atoms with Gasteiger partial charge >= 0.3 is 5.97 Å². The quantitative estimate of drug-likeness (QED) is 0.239. The number of esters is 1. The first-order chi connectivity index (χ1) is 20.7. The van der Waals surface area contributed by atoms with Gasteiger partial charge in [-0.3, -0.25) is 9.36 Å². The zero-order chi connectivity index (χ0) is 30.7. The highest BCUT2D eigenvalue weighted by Crippen LogP contribution is 2.36. The second kappa shape index (κ2) is 12.8. The molecule has 1 aromatic heterocycles. The number of thiazole rings is 1. The number of benzene rings is 3. The van der Waals surface area contributed by atoms with Crippen molar-refractivity contribution in [1.29, 1.82) is 0 Å². The molecule has 0 bridgehead atoms. The maximum atomic E-state index is 14.1. The summed E-state index contributed by atoms with van der Waals surface area (Å²) in [5, 5.41) is 0.455. The number of carbonyl (C=O) groups excluding carboxylic acids is 1. The van der Waals surface area contributed by atoms with Crippen LogP contribution in [0.2, 0.25) is 5.02 Å². The van der Waals surface area contributed by atoms with Crippen LogP contribution in [-0.2, 0) is 16.1 Å². The maximum Gasteiger partial charge on any atom is 0.338 e. The molecule has 5 rings (SSSR count). The van der Waals surface area contributed by atoms with E-state index < -0.39 is 12.0 Å². The van der Waals surface area contributed by atoms with Gasteiger partial charge < -0.3 is 18.9 Å². The number of ether oxygens (including phenoxy) is 4. The fraction of sp³-hybridized carbons (Fsp3) is 0.219. The minimum Gasteiger partial charge on any atom is -0.493 e. The normalized spacial score (nSPS) is 14.7. The lowest BCUT2D eigenvalue weighted by Crippen LogP contribution is -2.40. The molecule has 0 saturated heterocycles. The highest BCUT2D eigenvalue weighted by molar-refractivity contribution is 7.07. The summed E-state index contributed by atoms with van der Waals surface area (Å²) in [7, 11) is 3.04. The SMILES string of the molecule is CCOC(=O)C1=C(C)N=c2s/c(=C/c3cc(Cl)ccc3OCc3ccc(F)cc3)c(=O)n2[C@H]1c1ccc(OC)c(OC)c1. The summed E-state index contributed by atoms with van der Waals surface area (Å²) in [6, 6.07) is 15.5. The third-order valence-corrected chi connectivity index (χ3v) is 8.02. The smallest absolute Gasteiger partial charge is 0.338 e. The summed E-state index contributed by atoms with van der Waals surface area (Å²) >= 11 is 7.50. The van der Waals surface area contributed by atoms with Crippen LogP contribution in [0.25, 0.3) is 6.08 Å². The molecule has 1 aliphatic heterocycles. The van der Waals surface area contributed by atoms with Crippen LogP contribution in [-0.4, -0.2) is 31.4 Å². The highest BCUT2D eigenvalue weighted by atomic mass is 35.5. The number of fused-ring (bicyclic) bond motifs is 1. The Balaban J connectivity index is 1.64. The van der Waals surface area contributed by atoms with Gasteiger partial charge in [0.2, 0.25) is 0 Å². The van der Waals surface area contributed by atoms with Crippen LogP contribution in [0.5, 0.6) is 17.2 Å². The monoisotopic (exact) mass is 622 g/mol. The fourth-order valence-corrected chi connectivity index (χ4v) is 5.99. The second-order valence-electron chi connectivity index (χ2n) is 9.51. The molecule has 0 unspecified atom stereocenters. The minimum absolute atomic E-state index is 0.161. The van der Waals surface area contributed by atoms with Gasteiger partial charge in [-0.05, 0) is 73.5 Å². The molecular formula is C32H28ClFN2O6S. The van der Waals surface area contributed by atoms with E-state index in [4.69, 9.17) is 30.5 Å². The molecule has 0 aliphatic carbocycles. The molecule has 1 aliphatic rings. The van der Waals surface area contributed by atoms with E-state index in [1.54, 1.807) is 68.5 Å². The number of allylic oxidation sites excluding steroid dienone is 1. The highest BCUT2D eigenvalue weighted by Gasteiger charge is 2.34.